The Morgan fingerprint density at radius 2 is 2.31 bits per heavy atom. The highest BCUT2D eigenvalue weighted by atomic mass is 32.1. The number of aliphatic imine (C=N–C) groups is 1. The van der Waals surface area contributed by atoms with Crippen LogP contribution in [0.5, 0.6) is 0 Å². The van der Waals surface area contributed by atoms with E-state index < -0.39 is 0 Å². The summed E-state index contributed by atoms with van der Waals surface area (Å²) >= 11 is 1.60. The molecule has 0 saturated heterocycles. The molecule has 0 aromatic carbocycles. The molecule has 0 amide bonds. The van der Waals surface area contributed by atoms with Crippen molar-refractivity contribution in [2.75, 3.05) is 0 Å². The van der Waals surface area contributed by atoms with Gasteiger partial charge in [0.05, 0.1) is 17.9 Å². The highest BCUT2D eigenvalue weighted by molar-refractivity contribution is 7.09. The van der Waals surface area contributed by atoms with Crippen LogP contribution in [0.2, 0.25) is 0 Å². The third-order valence-electron chi connectivity index (χ3n) is 1.66. The van der Waals surface area contributed by atoms with E-state index in [1.165, 1.54) is 0 Å². The Kier molecular flexibility index (Phi) is 3.03. The molecule has 0 aliphatic rings. The summed E-state index contributed by atoms with van der Waals surface area (Å²) in [6.07, 6.45) is 1.82. The number of nitrogens with two attached hydrogens (primary N) is 1. The summed E-state index contributed by atoms with van der Waals surface area (Å²) < 4.78 is 0. The van der Waals surface area contributed by atoms with Crippen molar-refractivity contribution < 1.29 is 0 Å². The molecule has 0 aliphatic heterocycles. The van der Waals surface area contributed by atoms with Gasteiger partial charge in [-0.2, -0.15) is 0 Å². The standard InChI is InChI=1S/C9H15N3S/c1-9(2,3)8(10)12-5-7-4-11-6-13-7/h4,6H,5H2,1-3H3,(H2,10,12). The van der Waals surface area contributed by atoms with Crippen molar-refractivity contribution in [1.29, 1.82) is 0 Å². The van der Waals surface area contributed by atoms with Gasteiger partial charge in [0.25, 0.3) is 0 Å². The maximum Gasteiger partial charge on any atom is 0.0995 e. The minimum Gasteiger partial charge on any atom is -0.387 e. The third-order valence-corrected chi connectivity index (χ3v) is 2.42. The monoisotopic (exact) mass is 197 g/mol. The molecular weight excluding hydrogens is 182 g/mol. The predicted octanol–water partition coefficient (Wildman–Crippen LogP) is 2.05. The van der Waals surface area contributed by atoms with Crippen LogP contribution in [-0.2, 0) is 6.54 Å². The molecule has 0 atom stereocenters. The number of amidine groups is 1. The average Bonchev–Trinajstić information content (AvgIpc) is 2.50. The Labute approximate surface area is 82.7 Å². The maximum atomic E-state index is 5.80. The molecule has 13 heavy (non-hydrogen) atoms. The van der Waals surface area contributed by atoms with Gasteiger partial charge in [0, 0.05) is 16.5 Å². The number of nitrogens with zero attached hydrogens (tertiary/aromatic N) is 2. The van der Waals surface area contributed by atoms with Crippen molar-refractivity contribution >= 4 is 17.2 Å². The van der Waals surface area contributed by atoms with Gasteiger partial charge in [-0.15, -0.1) is 11.3 Å². The zero-order valence-electron chi connectivity index (χ0n) is 8.24. The van der Waals surface area contributed by atoms with Gasteiger partial charge in [-0.3, -0.25) is 9.98 Å². The Balaban J connectivity index is 2.59. The van der Waals surface area contributed by atoms with Gasteiger partial charge in [-0.25, -0.2) is 0 Å². The van der Waals surface area contributed by atoms with Gasteiger partial charge in [0.15, 0.2) is 0 Å². The second-order valence-electron chi connectivity index (χ2n) is 3.92. The van der Waals surface area contributed by atoms with Gasteiger partial charge in [0.1, 0.15) is 0 Å². The fourth-order valence-corrected chi connectivity index (χ4v) is 1.24. The van der Waals surface area contributed by atoms with Crippen molar-refractivity contribution in [1.82, 2.24) is 4.98 Å². The van der Waals surface area contributed by atoms with Gasteiger partial charge in [-0.05, 0) is 0 Å². The molecule has 0 fully saturated rings. The SMILES string of the molecule is CC(C)(C)C(N)=NCc1cncs1. The minimum absolute atomic E-state index is 0.0370. The van der Waals surface area contributed by atoms with Crippen molar-refractivity contribution in [2.24, 2.45) is 16.1 Å². The molecule has 0 aliphatic carbocycles. The summed E-state index contributed by atoms with van der Waals surface area (Å²) in [6, 6.07) is 0. The van der Waals surface area contributed by atoms with Gasteiger partial charge in [0.2, 0.25) is 0 Å². The maximum absolute atomic E-state index is 5.80. The molecule has 0 radical (unpaired) electrons. The van der Waals surface area contributed by atoms with E-state index in [1.807, 2.05) is 6.20 Å². The lowest BCUT2D eigenvalue weighted by molar-refractivity contribution is 0.581. The van der Waals surface area contributed by atoms with E-state index in [0.717, 1.165) is 4.88 Å². The molecule has 4 heteroatoms. The molecule has 0 unspecified atom stereocenters. The van der Waals surface area contributed by atoms with E-state index >= 15 is 0 Å². The number of hydrogen-bond acceptors (Lipinski definition) is 3. The molecule has 3 nitrogen and oxygen atoms in total. The zero-order chi connectivity index (χ0) is 9.90. The van der Waals surface area contributed by atoms with Crippen molar-refractivity contribution in [2.45, 2.75) is 27.3 Å². The lowest BCUT2D eigenvalue weighted by atomic mass is 9.95. The molecule has 0 saturated carbocycles. The Hall–Kier alpha value is -0.900. The van der Waals surface area contributed by atoms with Crippen LogP contribution in [-0.4, -0.2) is 10.8 Å². The molecule has 1 aromatic heterocycles. The summed E-state index contributed by atoms with van der Waals surface area (Å²) in [5.41, 5.74) is 7.57. The first-order valence-corrected chi connectivity index (χ1v) is 5.06. The topological polar surface area (TPSA) is 51.3 Å². The molecule has 1 aromatic rings. The summed E-state index contributed by atoms with van der Waals surface area (Å²) in [6.45, 7) is 6.81. The highest BCUT2D eigenvalue weighted by Gasteiger charge is 2.14. The Bertz CT molecular complexity index is 282. The van der Waals surface area contributed by atoms with Crippen LogP contribution in [0.1, 0.15) is 25.6 Å². The second kappa shape index (κ2) is 3.87. The van der Waals surface area contributed by atoms with E-state index in [1.54, 1.807) is 16.8 Å². The molecule has 0 bridgehead atoms. The number of rotatable bonds is 2. The summed E-state index contributed by atoms with van der Waals surface area (Å²) in [5, 5.41) is 0. The number of hydrogen-bond donors (Lipinski definition) is 1. The van der Waals surface area contributed by atoms with Crippen LogP contribution in [0, 0.1) is 5.41 Å². The zero-order valence-corrected chi connectivity index (χ0v) is 9.06. The number of thiazole rings is 1. The van der Waals surface area contributed by atoms with E-state index in [-0.39, 0.29) is 5.41 Å². The van der Waals surface area contributed by atoms with E-state index in [2.05, 4.69) is 30.7 Å². The van der Waals surface area contributed by atoms with E-state index in [0.29, 0.717) is 12.4 Å². The fourth-order valence-electron chi connectivity index (χ4n) is 0.720. The van der Waals surface area contributed by atoms with E-state index in [4.69, 9.17) is 5.73 Å². The van der Waals surface area contributed by atoms with Crippen LogP contribution in [0.4, 0.5) is 0 Å². The smallest absolute Gasteiger partial charge is 0.0995 e. The lowest BCUT2D eigenvalue weighted by Crippen LogP contribution is -2.28. The first-order valence-electron chi connectivity index (χ1n) is 4.18. The first kappa shape index (κ1) is 10.2. The molecule has 0 spiro atoms. The first-order chi connectivity index (χ1) is 6.00. The van der Waals surface area contributed by atoms with Gasteiger partial charge in [-0.1, -0.05) is 20.8 Å². The van der Waals surface area contributed by atoms with Crippen molar-refractivity contribution in [3.05, 3.63) is 16.6 Å². The molecule has 72 valence electrons. The fraction of sp³-hybridized carbons (Fsp3) is 0.556. The number of aromatic nitrogens is 1. The average molecular weight is 197 g/mol. The summed E-state index contributed by atoms with van der Waals surface area (Å²) in [4.78, 5) is 9.42. The third kappa shape index (κ3) is 3.14. The van der Waals surface area contributed by atoms with E-state index in [9.17, 15) is 0 Å². The molecule has 2 N–H and O–H groups in total. The minimum atomic E-state index is -0.0370. The largest absolute Gasteiger partial charge is 0.387 e. The second-order valence-corrected chi connectivity index (χ2v) is 4.89. The Morgan fingerprint density at radius 3 is 2.77 bits per heavy atom. The van der Waals surface area contributed by atoms with Crippen molar-refractivity contribution in [3.8, 4) is 0 Å². The predicted molar refractivity (Wildman–Crippen MR) is 56.9 cm³/mol. The van der Waals surface area contributed by atoms with Crippen LogP contribution in [0.3, 0.4) is 0 Å². The molecular formula is C9H15N3S. The van der Waals surface area contributed by atoms with Crippen LogP contribution in [0.15, 0.2) is 16.7 Å². The lowest BCUT2D eigenvalue weighted by Gasteiger charge is -2.16. The van der Waals surface area contributed by atoms with Crippen LogP contribution in [0.25, 0.3) is 0 Å². The molecule has 1 heterocycles. The summed E-state index contributed by atoms with van der Waals surface area (Å²) in [7, 11) is 0. The quantitative estimate of drug-likeness (QED) is 0.582. The summed E-state index contributed by atoms with van der Waals surface area (Å²) in [5.74, 6) is 0.695. The Morgan fingerprint density at radius 1 is 1.62 bits per heavy atom. The van der Waals surface area contributed by atoms with Gasteiger partial charge >= 0.3 is 0 Å². The molecule has 1 rings (SSSR count). The van der Waals surface area contributed by atoms with Crippen LogP contribution < -0.4 is 5.73 Å². The highest BCUT2D eigenvalue weighted by Crippen LogP contribution is 2.14. The van der Waals surface area contributed by atoms with Crippen LogP contribution >= 0.6 is 11.3 Å². The van der Waals surface area contributed by atoms with Gasteiger partial charge < -0.3 is 5.73 Å². The normalized spacial score (nSPS) is 13.3. The van der Waals surface area contributed by atoms with Crippen molar-refractivity contribution in [3.63, 3.8) is 0 Å².